The van der Waals surface area contributed by atoms with Gasteiger partial charge in [-0.15, -0.1) is 0 Å². The Bertz CT molecular complexity index is 721. The van der Waals surface area contributed by atoms with Crippen molar-refractivity contribution in [3.8, 4) is 0 Å². The van der Waals surface area contributed by atoms with Gasteiger partial charge in [0.25, 0.3) is 0 Å². The summed E-state index contributed by atoms with van der Waals surface area (Å²) in [5.41, 5.74) is 3.19. The molecule has 0 bridgehead atoms. The molecule has 4 heteroatoms. The average molecular weight is 317 g/mol. The van der Waals surface area contributed by atoms with E-state index in [2.05, 4.69) is 15.3 Å². The van der Waals surface area contributed by atoms with Crippen LogP contribution in [-0.4, -0.2) is 15.9 Å². The van der Waals surface area contributed by atoms with Gasteiger partial charge in [0.15, 0.2) is 0 Å². The van der Waals surface area contributed by atoms with Gasteiger partial charge in [-0.05, 0) is 47.4 Å². The molecule has 24 heavy (non-hydrogen) atoms. The molecule has 1 amide bonds. The van der Waals surface area contributed by atoms with E-state index in [0.717, 1.165) is 16.7 Å². The monoisotopic (exact) mass is 317 g/mol. The first-order valence-electron chi connectivity index (χ1n) is 7.96. The van der Waals surface area contributed by atoms with E-state index in [-0.39, 0.29) is 11.9 Å². The number of carbonyl (C=O) groups is 1. The van der Waals surface area contributed by atoms with Gasteiger partial charge in [0, 0.05) is 31.2 Å². The molecule has 3 rings (SSSR count). The van der Waals surface area contributed by atoms with Crippen LogP contribution in [0.2, 0.25) is 0 Å². The molecular weight excluding hydrogens is 298 g/mol. The van der Waals surface area contributed by atoms with Crippen LogP contribution >= 0.6 is 0 Å². The van der Waals surface area contributed by atoms with E-state index in [0.29, 0.717) is 12.8 Å². The first kappa shape index (κ1) is 15.9. The molecule has 3 aromatic rings. The molecule has 2 aromatic heterocycles. The van der Waals surface area contributed by atoms with Crippen LogP contribution in [-0.2, 0) is 11.2 Å². The Morgan fingerprint density at radius 1 is 0.833 bits per heavy atom. The maximum Gasteiger partial charge on any atom is 0.221 e. The number of rotatable bonds is 6. The topological polar surface area (TPSA) is 54.9 Å². The molecular formula is C20H19N3O. The zero-order chi connectivity index (χ0) is 16.6. The first-order chi connectivity index (χ1) is 11.8. The lowest BCUT2D eigenvalue weighted by Gasteiger charge is -2.19. The van der Waals surface area contributed by atoms with E-state index >= 15 is 0 Å². The molecule has 1 atom stereocenters. The van der Waals surface area contributed by atoms with Gasteiger partial charge >= 0.3 is 0 Å². The van der Waals surface area contributed by atoms with Crippen molar-refractivity contribution in [2.45, 2.75) is 18.9 Å². The minimum absolute atomic E-state index is 0.0254. The van der Waals surface area contributed by atoms with E-state index in [1.807, 2.05) is 54.6 Å². The number of hydrogen-bond donors (Lipinski definition) is 1. The molecule has 120 valence electrons. The van der Waals surface area contributed by atoms with Gasteiger partial charge in [0.05, 0.1) is 6.04 Å². The number of nitrogens with zero attached hydrogens (tertiary/aromatic N) is 2. The van der Waals surface area contributed by atoms with Crippen molar-refractivity contribution in [3.05, 3.63) is 96.1 Å². The fourth-order valence-corrected chi connectivity index (χ4v) is 2.60. The summed E-state index contributed by atoms with van der Waals surface area (Å²) < 4.78 is 0. The summed E-state index contributed by atoms with van der Waals surface area (Å²) in [6.45, 7) is 0. The third-order valence-electron chi connectivity index (χ3n) is 3.87. The van der Waals surface area contributed by atoms with Crippen molar-refractivity contribution >= 4 is 5.91 Å². The minimum atomic E-state index is -0.167. The normalized spacial score (nSPS) is 11.7. The number of pyridine rings is 2. The Morgan fingerprint density at radius 3 is 2.08 bits per heavy atom. The van der Waals surface area contributed by atoms with Crippen LogP contribution in [0.5, 0.6) is 0 Å². The van der Waals surface area contributed by atoms with E-state index < -0.39 is 0 Å². The van der Waals surface area contributed by atoms with Crippen molar-refractivity contribution in [2.75, 3.05) is 0 Å². The molecule has 1 aromatic carbocycles. The van der Waals surface area contributed by atoms with E-state index in [4.69, 9.17) is 0 Å². The average Bonchev–Trinajstić information content (AvgIpc) is 2.67. The molecule has 0 radical (unpaired) electrons. The highest BCUT2D eigenvalue weighted by Crippen LogP contribution is 2.21. The molecule has 1 N–H and O–H groups in total. The highest BCUT2D eigenvalue weighted by molar-refractivity contribution is 5.77. The fourth-order valence-electron chi connectivity index (χ4n) is 2.60. The summed E-state index contributed by atoms with van der Waals surface area (Å²) in [4.78, 5) is 20.5. The van der Waals surface area contributed by atoms with Gasteiger partial charge in [-0.1, -0.05) is 30.3 Å². The second kappa shape index (κ2) is 8.02. The quantitative estimate of drug-likeness (QED) is 0.759. The van der Waals surface area contributed by atoms with Crippen LogP contribution in [0.4, 0.5) is 0 Å². The maximum atomic E-state index is 12.4. The standard InChI is InChI=1S/C20H19N3O/c24-19(7-6-16-8-12-21-13-9-16)23-20(17-4-2-1-3-5-17)18-10-14-22-15-11-18/h1-5,8-15,20H,6-7H2,(H,23,24). The van der Waals surface area contributed by atoms with E-state index in [9.17, 15) is 4.79 Å². The highest BCUT2D eigenvalue weighted by Gasteiger charge is 2.16. The predicted octanol–water partition coefficient (Wildman–Crippen LogP) is 3.32. The van der Waals surface area contributed by atoms with E-state index in [1.54, 1.807) is 24.8 Å². The van der Waals surface area contributed by atoms with Crippen LogP contribution in [0.3, 0.4) is 0 Å². The second-order valence-electron chi connectivity index (χ2n) is 5.55. The maximum absolute atomic E-state index is 12.4. The zero-order valence-electron chi connectivity index (χ0n) is 13.3. The number of aryl methyl sites for hydroxylation is 1. The largest absolute Gasteiger partial charge is 0.345 e. The van der Waals surface area contributed by atoms with Gasteiger partial charge in [0.1, 0.15) is 0 Å². The number of amides is 1. The molecule has 0 aliphatic heterocycles. The Labute approximate surface area is 141 Å². The molecule has 0 spiro atoms. The van der Waals surface area contributed by atoms with Crippen LogP contribution < -0.4 is 5.32 Å². The van der Waals surface area contributed by atoms with Crippen LogP contribution in [0.1, 0.15) is 29.2 Å². The summed E-state index contributed by atoms with van der Waals surface area (Å²) in [7, 11) is 0. The van der Waals surface area contributed by atoms with Crippen molar-refractivity contribution in [1.82, 2.24) is 15.3 Å². The van der Waals surface area contributed by atoms with Gasteiger partial charge in [-0.25, -0.2) is 0 Å². The Hall–Kier alpha value is -3.01. The van der Waals surface area contributed by atoms with Crippen molar-refractivity contribution in [1.29, 1.82) is 0 Å². The molecule has 0 saturated carbocycles. The SMILES string of the molecule is O=C(CCc1ccncc1)NC(c1ccccc1)c1ccncc1. The fraction of sp³-hybridized carbons (Fsp3) is 0.150. The number of hydrogen-bond acceptors (Lipinski definition) is 3. The van der Waals surface area contributed by atoms with Crippen LogP contribution in [0.15, 0.2) is 79.4 Å². The summed E-state index contributed by atoms with van der Waals surface area (Å²) in [5, 5.41) is 3.14. The molecule has 1 unspecified atom stereocenters. The third kappa shape index (κ3) is 4.26. The zero-order valence-corrected chi connectivity index (χ0v) is 13.3. The number of aromatic nitrogens is 2. The second-order valence-corrected chi connectivity index (χ2v) is 5.55. The van der Waals surface area contributed by atoms with Crippen molar-refractivity contribution in [2.24, 2.45) is 0 Å². The summed E-state index contributed by atoms with van der Waals surface area (Å²) >= 11 is 0. The molecule has 0 aliphatic carbocycles. The van der Waals surface area contributed by atoms with Gasteiger partial charge in [-0.2, -0.15) is 0 Å². The smallest absolute Gasteiger partial charge is 0.221 e. The van der Waals surface area contributed by atoms with Crippen molar-refractivity contribution in [3.63, 3.8) is 0 Å². The summed E-state index contributed by atoms with van der Waals surface area (Å²) in [6, 6.07) is 17.5. The molecule has 4 nitrogen and oxygen atoms in total. The minimum Gasteiger partial charge on any atom is -0.345 e. The summed E-state index contributed by atoms with van der Waals surface area (Å²) in [5.74, 6) is 0.0254. The Balaban J connectivity index is 1.71. The lowest BCUT2D eigenvalue weighted by molar-refractivity contribution is -0.121. The van der Waals surface area contributed by atoms with Crippen LogP contribution in [0.25, 0.3) is 0 Å². The molecule has 0 fully saturated rings. The Kier molecular flexibility index (Phi) is 5.30. The predicted molar refractivity (Wildman–Crippen MR) is 93.2 cm³/mol. The summed E-state index contributed by atoms with van der Waals surface area (Å²) in [6.07, 6.45) is 8.13. The lowest BCUT2D eigenvalue weighted by atomic mass is 9.99. The molecule has 0 saturated heterocycles. The Morgan fingerprint density at radius 2 is 1.42 bits per heavy atom. The first-order valence-corrected chi connectivity index (χ1v) is 7.96. The number of nitrogens with one attached hydrogen (secondary N) is 1. The third-order valence-corrected chi connectivity index (χ3v) is 3.87. The van der Waals surface area contributed by atoms with Gasteiger partial charge in [-0.3, -0.25) is 14.8 Å². The van der Waals surface area contributed by atoms with Crippen LogP contribution in [0, 0.1) is 0 Å². The highest BCUT2D eigenvalue weighted by atomic mass is 16.1. The number of benzene rings is 1. The lowest BCUT2D eigenvalue weighted by Crippen LogP contribution is -2.29. The van der Waals surface area contributed by atoms with Crippen molar-refractivity contribution < 1.29 is 4.79 Å². The van der Waals surface area contributed by atoms with Gasteiger partial charge in [0.2, 0.25) is 5.91 Å². The van der Waals surface area contributed by atoms with E-state index in [1.165, 1.54) is 0 Å². The molecule has 0 aliphatic rings. The number of carbonyl (C=O) groups excluding carboxylic acids is 1. The van der Waals surface area contributed by atoms with Gasteiger partial charge < -0.3 is 5.32 Å². The molecule has 2 heterocycles.